The number of hydrogen-bond donors (Lipinski definition) is 3. The highest BCUT2D eigenvalue weighted by Crippen LogP contribution is 2.02. The summed E-state index contributed by atoms with van der Waals surface area (Å²) in [7, 11) is 0. The van der Waals surface area contributed by atoms with E-state index in [1.165, 1.54) is 19.3 Å². The van der Waals surface area contributed by atoms with Crippen LogP contribution >= 0.6 is 0 Å². The summed E-state index contributed by atoms with van der Waals surface area (Å²) in [5.41, 5.74) is -0.216. The molecule has 0 bridgehead atoms. The average molecular weight is 298 g/mol. The SMILES string of the molecule is CCCCCC(C)NC(=NCC(=O)NC(C)(C)C)NCC. The van der Waals surface area contributed by atoms with Crippen LogP contribution in [0.4, 0.5) is 0 Å². The van der Waals surface area contributed by atoms with E-state index in [-0.39, 0.29) is 18.0 Å². The molecule has 0 aliphatic carbocycles. The molecule has 0 aromatic carbocycles. The van der Waals surface area contributed by atoms with E-state index in [0.29, 0.717) is 12.0 Å². The van der Waals surface area contributed by atoms with Gasteiger partial charge in [-0.25, -0.2) is 4.99 Å². The van der Waals surface area contributed by atoms with Gasteiger partial charge in [0.25, 0.3) is 0 Å². The van der Waals surface area contributed by atoms with Crippen molar-refractivity contribution in [2.75, 3.05) is 13.1 Å². The summed E-state index contributed by atoms with van der Waals surface area (Å²) < 4.78 is 0. The van der Waals surface area contributed by atoms with Gasteiger partial charge in [-0.3, -0.25) is 4.79 Å². The van der Waals surface area contributed by atoms with Gasteiger partial charge < -0.3 is 16.0 Å². The minimum atomic E-state index is -0.216. The van der Waals surface area contributed by atoms with Crippen molar-refractivity contribution in [1.29, 1.82) is 0 Å². The molecule has 0 rings (SSSR count). The van der Waals surface area contributed by atoms with Crippen molar-refractivity contribution >= 4 is 11.9 Å². The maximum absolute atomic E-state index is 11.8. The van der Waals surface area contributed by atoms with E-state index in [1.54, 1.807) is 0 Å². The van der Waals surface area contributed by atoms with Gasteiger partial charge in [-0.1, -0.05) is 26.2 Å². The first-order chi connectivity index (χ1) is 9.78. The number of nitrogens with zero attached hydrogens (tertiary/aromatic N) is 1. The summed E-state index contributed by atoms with van der Waals surface area (Å²) in [6.45, 7) is 13.2. The predicted octanol–water partition coefficient (Wildman–Crippen LogP) is 2.42. The van der Waals surface area contributed by atoms with Crippen LogP contribution in [0.1, 0.15) is 67.2 Å². The molecule has 1 amide bonds. The van der Waals surface area contributed by atoms with Gasteiger partial charge in [-0.15, -0.1) is 0 Å². The second-order valence-corrected chi connectivity index (χ2v) is 6.53. The quantitative estimate of drug-likeness (QED) is 0.366. The zero-order valence-electron chi connectivity index (χ0n) is 14.7. The van der Waals surface area contributed by atoms with E-state index in [9.17, 15) is 4.79 Å². The molecule has 21 heavy (non-hydrogen) atoms. The van der Waals surface area contributed by atoms with Gasteiger partial charge in [0.05, 0.1) is 0 Å². The molecule has 124 valence electrons. The van der Waals surface area contributed by atoms with E-state index in [4.69, 9.17) is 0 Å². The molecule has 1 atom stereocenters. The van der Waals surface area contributed by atoms with Gasteiger partial charge in [-0.05, 0) is 41.0 Å². The molecule has 0 saturated heterocycles. The molecule has 0 heterocycles. The summed E-state index contributed by atoms with van der Waals surface area (Å²) in [5.74, 6) is 0.656. The molecular formula is C16H34N4O. The molecular weight excluding hydrogens is 264 g/mol. The second kappa shape index (κ2) is 10.5. The van der Waals surface area contributed by atoms with Gasteiger partial charge in [0.1, 0.15) is 6.54 Å². The van der Waals surface area contributed by atoms with E-state index in [0.717, 1.165) is 13.0 Å². The number of carbonyl (C=O) groups excluding carboxylic acids is 1. The number of amides is 1. The summed E-state index contributed by atoms with van der Waals surface area (Å²) in [6.07, 6.45) is 4.82. The van der Waals surface area contributed by atoms with Gasteiger partial charge in [0.2, 0.25) is 5.91 Å². The Morgan fingerprint density at radius 3 is 2.38 bits per heavy atom. The van der Waals surface area contributed by atoms with Crippen molar-refractivity contribution in [2.45, 2.75) is 78.8 Å². The Morgan fingerprint density at radius 1 is 1.19 bits per heavy atom. The molecule has 0 saturated carbocycles. The topological polar surface area (TPSA) is 65.5 Å². The van der Waals surface area contributed by atoms with Crippen LogP contribution in [0, 0.1) is 0 Å². The lowest BCUT2D eigenvalue weighted by atomic mass is 10.1. The van der Waals surface area contributed by atoms with Gasteiger partial charge in [0.15, 0.2) is 5.96 Å². The predicted molar refractivity (Wildman–Crippen MR) is 90.6 cm³/mol. The number of nitrogens with one attached hydrogen (secondary N) is 3. The maximum atomic E-state index is 11.8. The van der Waals surface area contributed by atoms with E-state index < -0.39 is 0 Å². The number of unbranched alkanes of at least 4 members (excludes halogenated alkanes) is 2. The van der Waals surface area contributed by atoms with Crippen molar-refractivity contribution < 1.29 is 4.79 Å². The van der Waals surface area contributed by atoms with Gasteiger partial charge >= 0.3 is 0 Å². The minimum absolute atomic E-state index is 0.0571. The number of rotatable bonds is 8. The Morgan fingerprint density at radius 2 is 1.86 bits per heavy atom. The fraction of sp³-hybridized carbons (Fsp3) is 0.875. The average Bonchev–Trinajstić information content (AvgIpc) is 2.34. The fourth-order valence-corrected chi connectivity index (χ4v) is 1.93. The number of guanidine groups is 1. The number of aliphatic imine (C=N–C) groups is 1. The molecule has 0 fully saturated rings. The lowest BCUT2D eigenvalue weighted by molar-refractivity contribution is -0.121. The van der Waals surface area contributed by atoms with Crippen molar-refractivity contribution in [3.05, 3.63) is 0 Å². The van der Waals surface area contributed by atoms with E-state index in [2.05, 4.69) is 34.8 Å². The molecule has 0 aliphatic rings. The Kier molecular flexibility index (Phi) is 9.84. The normalized spacial score (nSPS) is 13.7. The lowest BCUT2D eigenvalue weighted by Crippen LogP contribution is -2.44. The molecule has 0 aromatic heterocycles. The Balaban J connectivity index is 4.32. The molecule has 0 spiro atoms. The van der Waals surface area contributed by atoms with E-state index in [1.807, 2.05) is 27.7 Å². The van der Waals surface area contributed by atoms with Crippen LogP contribution in [-0.2, 0) is 4.79 Å². The highest BCUT2D eigenvalue weighted by molar-refractivity contribution is 5.85. The first-order valence-electron chi connectivity index (χ1n) is 8.14. The molecule has 0 aromatic rings. The van der Waals surface area contributed by atoms with Gasteiger partial charge in [0, 0.05) is 18.1 Å². The fourth-order valence-electron chi connectivity index (χ4n) is 1.93. The Labute approximate surface area is 130 Å². The standard InChI is InChI=1S/C16H34N4O/c1-7-9-10-11-13(3)19-15(17-8-2)18-12-14(21)20-16(4,5)6/h13H,7-12H2,1-6H3,(H,20,21)(H2,17,18,19). The third kappa shape index (κ3) is 12.2. The van der Waals surface area contributed by atoms with Crippen molar-refractivity contribution in [2.24, 2.45) is 4.99 Å². The Hall–Kier alpha value is -1.26. The van der Waals surface area contributed by atoms with Crippen LogP contribution in [0.5, 0.6) is 0 Å². The third-order valence-corrected chi connectivity index (χ3v) is 2.86. The monoisotopic (exact) mass is 298 g/mol. The summed E-state index contributed by atoms with van der Waals surface area (Å²) in [4.78, 5) is 16.1. The number of carbonyl (C=O) groups is 1. The van der Waals surface area contributed by atoms with Crippen LogP contribution in [0.25, 0.3) is 0 Å². The van der Waals surface area contributed by atoms with Crippen LogP contribution in [-0.4, -0.2) is 36.5 Å². The van der Waals surface area contributed by atoms with Crippen molar-refractivity contribution in [3.63, 3.8) is 0 Å². The lowest BCUT2D eigenvalue weighted by Gasteiger charge is -2.20. The summed E-state index contributed by atoms with van der Waals surface area (Å²) in [5, 5.41) is 9.45. The molecule has 1 unspecified atom stereocenters. The molecule has 0 aliphatic heterocycles. The first kappa shape index (κ1) is 19.7. The first-order valence-corrected chi connectivity index (χ1v) is 8.14. The van der Waals surface area contributed by atoms with Crippen LogP contribution in [0.3, 0.4) is 0 Å². The zero-order valence-corrected chi connectivity index (χ0v) is 14.7. The Bertz CT molecular complexity index is 321. The second-order valence-electron chi connectivity index (χ2n) is 6.53. The molecule has 5 heteroatoms. The van der Waals surface area contributed by atoms with Crippen molar-refractivity contribution in [1.82, 2.24) is 16.0 Å². The van der Waals surface area contributed by atoms with Gasteiger partial charge in [-0.2, -0.15) is 0 Å². The molecule has 0 radical (unpaired) electrons. The smallest absolute Gasteiger partial charge is 0.242 e. The number of hydrogen-bond acceptors (Lipinski definition) is 2. The van der Waals surface area contributed by atoms with Crippen LogP contribution in [0.2, 0.25) is 0 Å². The molecule has 5 nitrogen and oxygen atoms in total. The van der Waals surface area contributed by atoms with Crippen molar-refractivity contribution in [3.8, 4) is 0 Å². The summed E-state index contributed by atoms with van der Waals surface area (Å²) in [6, 6.07) is 0.361. The maximum Gasteiger partial charge on any atom is 0.242 e. The van der Waals surface area contributed by atoms with Crippen LogP contribution < -0.4 is 16.0 Å². The zero-order chi connectivity index (χ0) is 16.3. The largest absolute Gasteiger partial charge is 0.357 e. The molecule has 3 N–H and O–H groups in total. The van der Waals surface area contributed by atoms with E-state index >= 15 is 0 Å². The summed E-state index contributed by atoms with van der Waals surface area (Å²) >= 11 is 0. The minimum Gasteiger partial charge on any atom is -0.357 e. The highest BCUT2D eigenvalue weighted by Gasteiger charge is 2.13. The third-order valence-electron chi connectivity index (χ3n) is 2.86. The highest BCUT2D eigenvalue weighted by atomic mass is 16.2. The van der Waals surface area contributed by atoms with Crippen LogP contribution in [0.15, 0.2) is 4.99 Å².